The third-order valence-corrected chi connectivity index (χ3v) is 5.08. The fourth-order valence-electron chi connectivity index (χ4n) is 3.40. The summed E-state index contributed by atoms with van der Waals surface area (Å²) >= 11 is 0. The van der Waals surface area contributed by atoms with Crippen molar-refractivity contribution < 1.29 is 22.8 Å². The Bertz CT molecular complexity index is 1120. The van der Waals surface area contributed by atoms with Gasteiger partial charge in [0.1, 0.15) is 0 Å². The molecule has 2 amide bonds. The largest absolute Gasteiger partial charge is 0.416 e. The maximum absolute atomic E-state index is 12.9. The molecule has 31 heavy (non-hydrogen) atoms. The second-order valence-corrected chi connectivity index (χ2v) is 7.34. The molecule has 1 aliphatic carbocycles. The number of amides is 2. The van der Waals surface area contributed by atoms with Gasteiger partial charge in [-0.05, 0) is 60.4 Å². The summed E-state index contributed by atoms with van der Waals surface area (Å²) in [5.74, 6) is -0.757. The Morgan fingerprint density at radius 2 is 1.68 bits per heavy atom. The van der Waals surface area contributed by atoms with E-state index in [1.54, 1.807) is 24.5 Å². The molecule has 0 aliphatic heterocycles. The van der Waals surface area contributed by atoms with Gasteiger partial charge in [0.15, 0.2) is 0 Å². The molecule has 1 aliphatic rings. The van der Waals surface area contributed by atoms with Gasteiger partial charge in [-0.25, -0.2) is 0 Å². The lowest BCUT2D eigenvalue weighted by Crippen LogP contribution is -2.16. The number of hydrogen-bond donors (Lipinski definition) is 2. The minimum absolute atomic E-state index is 0.0338. The minimum Gasteiger partial charge on any atom is -0.326 e. The molecule has 0 spiro atoms. The highest BCUT2D eigenvalue weighted by molar-refractivity contribution is 6.05. The van der Waals surface area contributed by atoms with Gasteiger partial charge in [0.25, 0.3) is 5.91 Å². The van der Waals surface area contributed by atoms with E-state index in [1.165, 1.54) is 24.3 Å². The highest BCUT2D eigenvalue weighted by Crippen LogP contribution is 2.47. The first-order valence-electron chi connectivity index (χ1n) is 9.61. The molecule has 2 atom stereocenters. The Morgan fingerprint density at radius 1 is 0.935 bits per heavy atom. The van der Waals surface area contributed by atoms with Crippen LogP contribution in [0.1, 0.15) is 33.8 Å². The number of carbonyl (C=O) groups is 2. The molecule has 0 bridgehead atoms. The minimum atomic E-state index is -4.50. The lowest BCUT2D eigenvalue weighted by molar-refractivity contribution is -0.137. The number of nitrogens with zero attached hydrogens (tertiary/aromatic N) is 1. The first-order chi connectivity index (χ1) is 14.8. The Morgan fingerprint density at radius 3 is 2.39 bits per heavy atom. The summed E-state index contributed by atoms with van der Waals surface area (Å²) in [6.45, 7) is 0. The van der Waals surface area contributed by atoms with Crippen molar-refractivity contribution in [3.05, 3.63) is 89.7 Å². The highest BCUT2D eigenvalue weighted by atomic mass is 19.4. The summed E-state index contributed by atoms with van der Waals surface area (Å²) in [4.78, 5) is 29.1. The average Bonchev–Trinajstić information content (AvgIpc) is 3.55. The van der Waals surface area contributed by atoms with E-state index < -0.39 is 17.6 Å². The summed E-state index contributed by atoms with van der Waals surface area (Å²) in [5.41, 5.74) is 0.857. The lowest BCUT2D eigenvalue weighted by Gasteiger charge is -2.11. The van der Waals surface area contributed by atoms with Crippen LogP contribution in [0.15, 0.2) is 73.1 Å². The third kappa shape index (κ3) is 4.91. The van der Waals surface area contributed by atoms with E-state index in [2.05, 4.69) is 15.6 Å². The van der Waals surface area contributed by atoms with Crippen LogP contribution in [0.25, 0.3) is 0 Å². The monoisotopic (exact) mass is 425 g/mol. The van der Waals surface area contributed by atoms with Crippen molar-refractivity contribution in [1.29, 1.82) is 0 Å². The van der Waals surface area contributed by atoms with E-state index in [1.807, 2.05) is 12.1 Å². The van der Waals surface area contributed by atoms with E-state index in [9.17, 15) is 22.8 Å². The smallest absolute Gasteiger partial charge is 0.326 e. The molecular formula is C23H18F3N3O2. The standard InChI is InChI=1S/C23H18F3N3O2/c24-23(25,26)16-6-2-8-18(11-16)28-21(30)14-4-1-7-17(10-14)29-22(31)20-12-19(20)15-5-3-9-27-13-15/h1-11,13,19-20H,12H2,(H,28,30)(H,29,31). The van der Waals surface area contributed by atoms with Gasteiger partial charge in [0.2, 0.25) is 5.91 Å². The van der Waals surface area contributed by atoms with Gasteiger partial charge in [-0.1, -0.05) is 18.2 Å². The molecule has 8 heteroatoms. The van der Waals surface area contributed by atoms with Crippen molar-refractivity contribution in [2.24, 2.45) is 5.92 Å². The number of carbonyl (C=O) groups excluding carboxylic acids is 2. The van der Waals surface area contributed by atoms with Gasteiger partial charge in [0.05, 0.1) is 5.56 Å². The third-order valence-electron chi connectivity index (χ3n) is 5.08. The van der Waals surface area contributed by atoms with Crippen molar-refractivity contribution in [1.82, 2.24) is 4.98 Å². The number of anilines is 2. The SMILES string of the molecule is O=C(Nc1cccc(C(F)(F)F)c1)c1cccc(NC(=O)C2CC2c2cccnc2)c1. The number of nitrogens with one attached hydrogen (secondary N) is 2. The fraction of sp³-hybridized carbons (Fsp3) is 0.174. The van der Waals surface area contributed by atoms with E-state index >= 15 is 0 Å². The van der Waals surface area contributed by atoms with Crippen molar-refractivity contribution in [2.75, 3.05) is 10.6 Å². The number of hydrogen-bond acceptors (Lipinski definition) is 3. The van der Waals surface area contributed by atoms with Gasteiger partial charge in [-0.2, -0.15) is 13.2 Å². The van der Waals surface area contributed by atoms with E-state index in [0.29, 0.717) is 5.69 Å². The van der Waals surface area contributed by atoms with Crippen molar-refractivity contribution >= 4 is 23.2 Å². The lowest BCUT2D eigenvalue weighted by atomic mass is 10.1. The zero-order valence-corrected chi connectivity index (χ0v) is 16.2. The molecule has 2 unspecified atom stereocenters. The normalized spacial score (nSPS) is 17.6. The highest BCUT2D eigenvalue weighted by Gasteiger charge is 2.44. The van der Waals surface area contributed by atoms with Gasteiger partial charge in [0, 0.05) is 35.2 Å². The van der Waals surface area contributed by atoms with Gasteiger partial charge < -0.3 is 10.6 Å². The van der Waals surface area contributed by atoms with Crippen molar-refractivity contribution in [2.45, 2.75) is 18.5 Å². The van der Waals surface area contributed by atoms with E-state index in [4.69, 9.17) is 0 Å². The Hall–Kier alpha value is -3.68. The summed E-state index contributed by atoms with van der Waals surface area (Å²) in [5, 5.41) is 5.26. The average molecular weight is 425 g/mol. The van der Waals surface area contributed by atoms with Crippen LogP contribution in [-0.4, -0.2) is 16.8 Å². The summed E-state index contributed by atoms with van der Waals surface area (Å²) in [7, 11) is 0. The summed E-state index contributed by atoms with van der Waals surface area (Å²) in [6, 6.07) is 14.4. The number of aromatic nitrogens is 1. The van der Waals surface area contributed by atoms with Gasteiger partial charge >= 0.3 is 6.18 Å². The van der Waals surface area contributed by atoms with E-state index in [0.717, 1.165) is 24.1 Å². The fourth-order valence-corrected chi connectivity index (χ4v) is 3.40. The molecule has 1 saturated carbocycles. The second kappa shape index (κ2) is 8.22. The van der Waals surface area contributed by atoms with Crippen molar-refractivity contribution in [3.63, 3.8) is 0 Å². The van der Waals surface area contributed by atoms with Crippen LogP contribution in [0.2, 0.25) is 0 Å². The van der Waals surface area contributed by atoms with Crippen LogP contribution in [-0.2, 0) is 11.0 Å². The molecule has 4 rings (SSSR count). The molecule has 1 aromatic heterocycles. The molecule has 2 aromatic carbocycles. The maximum atomic E-state index is 12.9. The van der Waals surface area contributed by atoms with E-state index in [-0.39, 0.29) is 29.0 Å². The first kappa shape index (κ1) is 20.6. The number of alkyl halides is 3. The number of rotatable bonds is 5. The number of benzene rings is 2. The molecule has 0 radical (unpaired) electrons. The molecule has 158 valence electrons. The molecule has 1 heterocycles. The molecule has 5 nitrogen and oxygen atoms in total. The molecular weight excluding hydrogens is 407 g/mol. The summed E-state index contributed by atoms with van der Waals surface area (Å²) in [6.07, 6.45) is -0.345. The quantitative estimate of drug-likeness (QED) is 0.598. The predicted molar refractivity (Wildman–Crippen MR) is 110 cm³/mol. The Labute approximate surface area is 176 Å². The van der Waals surface area contributed by atoms with Crippen LogP contribution in [0.4, 0.5) is 24.5 Å². The van der Waals surface area contributed by atoms with Crippen molar-refractivity contribution in [3.8, 4) is 0 Å². The Balaban J connectivity index is 1.40. The zero-order chi connectivity index (χ0) is 22.0. The number of pyridine rings is 1. The second-order valence-electron chi connectivity index (χ2n) is 7.34. The van der Waals surface area contributed by atoms with Gasteiger partial charge in [-0.3, -0.25) is 14.6 Å². The van der Waals surface area contributed by atoms with Crippen LogP contribution < -0.4 is 10.6 Å². The molecule has 0 saturated heterocycles. The van der Waals surface area contributed by atoms with Crippen LogP contribution in [0.3, 0.4) is 0 Å². The zero-order valence-electron chi connectivity index (χ0n) is 16.2. The predicted octanol–water partition coefficient (Wildman–Crippen LogP) is 5.09. The number of halogens is 3. The summed E-state index contributed by atoms with van der Waals surface area (Å²) < 4.78 is 38.6. The molecule has 1 fully saturated rings. The molecule has 2 N–H and O–H groups in total. The van der Waals surface area contributed by atoms with Gasteiger partial charge in [-0.15, -0.1) is 0 Å². The molecule has 3 aromatic rings. The maximum Gasteiger partial charge on any atom is 0.416 e. The Kier molecular flexibility index (Phi) is 5.46. The first-order valence-corrected chi connectivity index (χ1v) is 9.61. The van der Waals surface area contributed by atoms with Crippen LogP contribution in [0.5, 0.6) is 0 Å². The van der Waals surface area contributed by atoms with Crippen LogP contribution >= 0.6 is 0 Å². The topological polar surface area (TPSA) is 71.1 Å². The van der Waals surface area contributed by atoms with Crippen LogP contribution in [0, 0.1) is 5.92 Å².